The van der Waals surface area contributed by atoms with Gasteiger partial charge in [0.25, 0.3) is 11.8 Å². The van der Waals surface area contributed by atoms with Crippen molar-refractivity contribution in [1.29, 1.82) is 0 Å². The molecule has 31 heavy (non-hydrogen) atoms. The van der Waals surface area contributed by atoms with Crippen LogP contribution in [0.5, 0.6) is 11.5 Å². The second-order valence-electron chi connectivity index (χ2n) is 6.91. The van der Waals surface area contributed by atoms with Gasteiger partial charge >= 0.3 is 6.09 Å². The Labute approximate surface area is 179 Å². The number of benzene rings is 3. The minimum Gasteiger partial charge on any atom is -0.457 e. The predicted octanol–water partition coefficient (Wildman–Crippen LogP) is 3.93. The summed E-state index contributed by atoms with van der Waals surface area (Å²) >= 11 is 0. The van der Waals surface area contributed by atoms with Crippen molar-refractivity contribution in [3.8, 4) is 11.5 Å². The molecule has 1 unspecified atom stereocenters. The first-order valence-corrected chi connectivity index (χ1v) is 9.76. The molecule has 0 bridgehead atoms. The topological polar surface area (TPSA) is 84.9 Å². The van der Waals surface area contributed by atoms with Gasteiger partial charge < -0.3 is 14.8 Å². The number of carbonyl (C=O) groups is 3. The van der Waals surface area contributed by atoms with Gasteiger partial charge in [0, 0.05) is 0 Å². The van der Waals surface area contributed by atoms with E-state index in [0.717, 1.165) is 10.5 Å². The Bertz CT molecular complexity index is 1070. The standard InChI is InChI=1S/C24H20N2O5/c27-22-16-30-24(29)26(22)15-20(17-9-3-1-4-10-17)25-23(28)19-13-7-8-14-21(19)31-18-11-5-2-6-12-18/h1-14,20H,15-16H2,(H,25,28). The van der Waals surface area contributed by atoms with Gasteiger partial charge in [-0.2, -0.15) is 0 Å². The van der Waals surface area contributed by atoms with E-state index in [0.29, 0.717) is 17.1 Å². The van der Waals surface area contributed by atoms with Crippen molar-refractivity contribution in [2.75, 3.05) is 13.2 Å². The van der Waals surface area contributed by atoms with E-state index in [4.69, 9.17) is 9.47 Å². The number of cyclic esters (lactones) is 1. The van der Waals surface area contributed by atoms with Crippen LogP contribution in [0.1, 0.15) is 22.0 Å². The van der Waals surface area contributed by atoms with Crippen LogP contribution in [-0.2, 0) is 9.53 Å². The van der Waals surface area contributed by atoms with E-state index in [1.54, 1.807) is 36.4 Å². The van der Waals surface area contributed by atoms with E-state index in [1.807, 2.05) is 48.5 Å². The molecule has 1 aliphatic heterocycles. The molecule has 0 radical (unpaired) electrons. The number of rotatable bonds is 7. The second kappa shape index (κ2) is 9.13. The zero-order valence-corrected chi connectivity index (χ0v) is 16.6. The van der Waals surface area contributed by atoms with E-state index in [1.165, 1.54) is 0 Å². The van der Waals surface area contributed by atoms with E-state index >= 15 is 0 Å². The lowest BCUT2D eigenvalue weighted by molar-refractivity contribution is -0.126. The van der Waals surface area contributed by atoms with Crippen LogP contribution in [0.4, 0.5) is 4.79 Å². The summed E-state index contributed by atoms with van der Waals surface area (Å²) in [4.78, 5) is 38.1. The minimum absolute atomic E-state index is 0.0326. The van der Waals surface area contributed by atoms with E-state index in [9.17, 15) is 14.4 Å². The maximum Gasteiger partial charge on any atom is 0.417 e. The smallest absolute Gasteiger partial charge is 0.417 e. The van der Waals surface area contributed by atoms with Gasteiger partial charge in [0.05, 0.1) is 18.2 Å². The molecular formula is C24H20N2O5. The zero-order valence-electron chi connectivity index (χ0n) is 16.6. The van der Waals surface area contributed by atoms with Crippen LogP contribution < -0.4 is 10.1 Å². The van der Waals surface area contributed by atoms with Crippen LogP contribution in [0.3, 0.4) is 0 Å². The number of nitrogens with one attached hydrogen (secondary N) is 1. The lowest BCUT2D eigenvalue weighted by atomic mass is 10.1. The lowest BCUT2D eigenvalue weighted by Crippen LogP contribution is -2.40. The van der Waals surface area contributed by atoms with Crippen LogP contribution in [-0.4, -0.2) is 36.0 Å². The van der Waals surface area contributed by atoms with Crippen molar-refractivity contribution >= 4 is 17.9 Å². The number of imide groups is 1. The van der Waals surface area contributed by atoms with Gasteiger partial charge in [0.1, 0.15) is 11.5 Å². The molecule has 1 fully saturated rings. The Hall–Kier alpha value is -4.13. The first-order valence-electron chi connectivity index (χ1n) is 9.76. The van der Waals surface area contributed by atoms with E-state index in [-0.39, 0.29) is 19.1 Å². The molecule has 0 spiro atoms. The molecule has 3 aromatic rings. The second-order valence-corrected chi connectivity index (χ2v) is 6.91. The molecule has 1 saturated heterocycles. The lowest BCUT2D eigenvalue weighted by Gasteiger charge is -2.23. The average Bonchev–Trinajstić information content (AvgIpc) is 3.12. The fourth-order valence-electron chi connectivity index (χ4n) is 3.25. The van der Waals surface area contributed by atoms with Crippen LogP contribution in [0, 0.1) is 0 Å². The van der Waals surface area contributed by atoms with Crippen LogP contribution in [0.2, 0.25) is 0 Å². The summed E-state index contributed by atoms with van der Waals surface area (Å²) in [5.74, 6) is 0.177. The Morgan fingerprint density at radius 3 is 2.26 bits per heavy atom. The van der Waals surface area contributed by atoms with Gasteiger partial charge in [-0.25, -0.2) is 9.69 Å². The molecule has 0 aliphatic carbocycles. The molecule has 3 aromatic carbocycles. The quantitative estimate of drug-likeness (QED) is 0.631. The van der Waals surface area contributed by atoms with Crippen LogP contribution >= 0.6 is 0 Å². The van der Waals surface area contributed by atoms with Gasteiger partial charge in [-0.05, 0) is 29.8 Å². The number of para-hydroxylation sites is 2. The summed E-state index contributed by atoms with van der Waals surface area (Å²) in [6, 6.07) is 24.6. The molecule has 0 aromatic heterocycles. The maximum atomic E-state index is 13.2. The molecule has 1 heterocycles. The highest BCUT2D eigenvalue weighted by Gasteiger charge is 2.34. The summed E-state index contributed by atoms with van der Waals surface area (Å²) in [5.41, 5.74) is 1.09. The van der Waals surface area contributed by atoms with Crippen molar-refractivity contribution in [2.24, 2.45) is 0 Å². The molecule has 4 rings (SSSR count). The summed E-state index contributed by atoms with van der Waals surface area (Å²) in [6.07, 6.45) is -0.715. The van der Waals surface area contributed by atoms with E-state index < -0.39 is 18.0 Å². The van der Waals surface area contributed by atoms with Crippen molar-refractivity contribution in [1.82, 2.24) is 10.2 Å². The van der Waals surface area contributed by atoms with Gasteiger partial charge in [-0.15, -0.1) is 0 Å². The highest BCUT2D eigenvalue weighted by molar-refractivity contribution is 5.99. The fourth-order valence-corrected chi connectivity index (χ4v) is 3.25. The monoisotopic (exact) mass is 416 g/mol. The Kier molecular flexibility index (Phi) is 5.93. The normalized spacial score (nSPS) is 14.1. The maximum absolute atomic E-state index is 13.2. The van der Waals surface area contributed by atoms with E-state index in [2.05, 4.69) is 5.32 Å². The number of hydrogen-bond donors (Lipinski definition) is 1. The summed E-state index contributed by atoms with van der Waals surface area (Å²) in [7, 11) is 0. The molecule has 1 aliphatic rings. The van der Waals surface area contributed by atoms with Gasteiger partial charge in [0.15, 0.2) is 6.61 Å². The molecule has 156 valence electrons. The Morgan fingerprint density at radius 1 is 0.935 bits per heavy atom. The fraction of sp³-hybridized carbons (Fsp3) is 0.125. The summed E-state index contributed by atoms with van der Waals surface area (Å²) in [5, 5.41) is 2.92. The zero-order chi connectivity index (χ0) is 21.6. The largest absolute Gasteiger partial charge is 0.457 e. The number of nitrogens with zero attached hydrogens (tertiary/aromatic N) is 1. The molecule has 3 amide bonds. The Balaban J connectivity index is 1.58. The summed E-state index contributed by atoms with van der Waals surface area (Å²) < 4.78 is 10.7. The molecule has 7 nitrogen and oxygen atoms in total. The molecule has 1 N–H and O–H groups in total. The summed E-state index contributed by atoms with van der Waals surface area (Å²) in [6.45, 7) is -0.322. The minimum atomic E-state index is -0.715. The first-order chi connectivity index (χ1) is 15.1. The van der Waals surface area contributed by atoms with Crippen molar-refractivity contribution in [2.45, 2.75) is 6.04 Å². The van der Waals surface area contributed by atoms with Gasteiger partial charge in [-0.3, -0.25) is 9.59 Å². The number of ether oxygens (including phenoxy) is 2. The third-order valence-corrected chi connectivity index (χ3v) is 4.82. The van der Waals surface area contributed by atoms with Crippen LogP contribution in [0.25, 0.3) is 0 Å². The molecule has 0 saturated carbocycles. The molecular weight excluding hydrogens is 396 g/mol. The first kappa shape index (κ1) is 20.2. The number of hydrogen-bond acceptors (Lipinski definition) is 5. The van der Waals surface area contributed by atoms with Crippen molar-refractivity contribution < 1.29 is 23.9 Å². The van der Waals surface area contributed by atoms with Crippen molar-refractivity contribution in [3.05, 3.63) is 96.1 Å². The highest BCUT2D eigenvalue weighted by atomic mass is 16.6. The van der Waals surface area contributed by atoms with Crippen LogP contribution in [0.15, 0.2) is 84.9 Å². The third-order valence-electron chi connectivity index (χ3n) is 4.82. The Morgan fingerprint density at radius 2 is 1.58 bits per heavy atom. The SMILES string of the molecule is O=C(NC(CN1C(=O)COC1=O)c1ccccc1)c1ccccc1Oc1ccccc1. The molecule has 7 heteroatoms. The van der Waals surface area contributed by atoms with Gasteiger partial charge in [0.2, 0.25) is 0 Å². The highest BCUT2D eigenvalue weighted by Crippen LogP contribution is 2.26. The van der Waals surface area contributed by atoms with Gasteiger partial charge in [-0.1, -0.05) is 60.7 Å². The number of amides is 3. The number of carbonyl (C=O) groups excluding carboxylic acids is 3. The van der Waals surface area contributed by atoms with Crippen molar-refractivity contribution in [3.63, 3.8) is 0 Å². The molecule has 1 atom stereocenters. The third kappa shape index (κ3) is 4.72. The predicted molar refractivity (Wildman–Crippen MR) is 113 cm³/mol. The average molecular weight is 416 g/mol.